The van der Waals surface area contributed by atoms with E-state index in [1.165, 1.54) is 5.56 Å². The highest BCUT2D eigenvalue weighted by molar-refractivity contribution is 5.88. The van der Waals surface area contributed by atoms with E-state index in [1.807, 2.05) is 28.0 Å². The van der Waals surface area contributed by atoms with Gasteiger partial charge in [0.1, 0.15) is 6.04 Å². The Morgan fingerprint density at radius 2 is 1.83 bits per heavy atom. The third-order valence-corrected chi connectivity index (χ3v) is 4.97. The molecule has 2 amide bonds. The number of carbonyl (C=O) groups excluding carboxylic acids is 2. The summed E-state index contributed by atoms with van der Waals surface area (Å²) in [6.45, 7) is 3.67. The average Bonchev–Trinajstić information content (AvgIpc) is 3.16. The largest absolute Gasteiger partial charge is 0.341 e. The Kier molecular flexibility index (Phi) is 5.86. The molecule has 3 rings (SSSR count). The monoisotopic (exact) mass is 329 g/mol. The summed E-state index contributed by atoms with van der Waals surface area (Å²) in [5, 5.41) is 3.26. The van der Waals surface area contributed by atoms with Gasteiger partial charge < -0.3 is 15.1 Å². The number of hydrogen-bond acceptors (Lipinski definition) is 3. The van der Waals surface area contributed by atoms with Crippen molar-refractivity contribution >= 4 is 11.8 Å². The van der Waals surface area contributed by atoms with Crippen LogP contribution in [0.15, 0.2) is 30.3 Å². The maximum atomic E-state index is 12.7. The number of amides is 2. The molecule has 1 aromatic carbocycles. The summed E-state index contributed by atoms with van der Waals surface area (Å²) in [4.78, 5) is 29.1. The molecule has 130 valence electrons. The Balaban J connectivity index is 1.54. The van der Waals surface area contributed by atoms with Crippen molar-refractivity contribution in [2.24, 2.45) is 0 Å². The Hall–Kier alpha value is -1.88. The van der Waals surface area contributed by atoms with E-state index in [9.17, 15) is 9.59 Å². The van der Waals surface area contributed by atoms with Crippen LogP contribution >= 0.6 is 0 Å². The molecule has 2 aliphatic rings. The van der Waals surface area contributed by atoms with Crippen molar-refractivity contribution in [3.63, 3.8) is 0 Å². The molecule has 0 spiro atoms. The number of piperazine rings is 1. The molecule has 5 nitrogen and oxygen atoms in total. The molecule has 2 heterocycles. The maximum Gasteiger partial charge on any atom is 0.246 e. The molecule has 0 saturated carbocycles. The fraction of sp³-hybridized carbons (Fsp3) is 0.579. The Labute approximate surface area is 144 Å². The van der Waals surface area contributed by atoms with Gasteiger partial charge in [-0.1, -0.05) is 30.3 Å². The molecule has 0 radical (unpaired) electrons. The number of nitrogens with one attached hydrogen (secondary N) is 1. The van der Waals surface area contributed by atoms with Crippen LogP contribution in [0.25, 0.3) is 0 Å². The topological polar surface area (TPSA) is 52.7 Å². The number of aryl methyl sites for hydroxylation is 1. The van der Waals surface area contributed by atoms with Crippen LogP contribution in [-0.2, 0) is 16.0 Å². The zero-order valence-electron chi connectivity index (χ0n) is 14.2. The quantitative estimate of drug-likeness (QED) is 0.889. The fourth-order valence-corrected chi connectivity index (χ4v) is 3.60. The second kappa shape index (κ2) is 8.29. The zero-order valence-corrected chi connectivity index (χ0v) is 14.2. The van der Waals surface area contributed by atoms with Gasteiger partial charge in [-0.25, -0.2) is 0 Å². The third kappa shape index (κ3) is 4.15. The van der Waals surface area contributed by atoms with Gasteiger partial charge in [-0.15, -0.1) is 0 Å². The molecule has 5 heteroatoms. The van der Waals surface area contributed by atoms with Crippen LogP contribution in [0, 0.1) is 0 Å². The lowest BCUT2D eigenvalue weighted by molar-refractivity contribution is -0.146. The first-order chi connectivity index (χ1) is 11.8. The van der Waals surface area contributed by atoms with Gasteiger partial charge in [0.15, 0.2) is 0 Å². The van der Waals surface area contributed by atoms with Crippen LogP contribution in [0.3, 0.4) is 0 Å². The van der Waals surface area contributed by atoms with Crippen LogP contribution in [-0.4, -0.2) is 60.4 Å². The van der Waals surface area contributed by atoms with Crippen LogP contribution in [0.5, 0.6) is 0 Å². The summed E-state index contributed by atoms with van der Waals surface area (Å²) in [6, 6.07) is 9.92. The number of nitrogens with zero attached hydrogens (tertiary/aromatic N) is 2. The van der Waals surface area contributed by atoms with E-state index in [0.29, 0.717) is 19.5 Å². The van der Waals surface area contributed by atoms with E-state index < -0.39 is 0 Å². The van der Waals surface area contributed by atoms with Crippen LogP contribution < -0.4 is 5.32 Å². The van der Waals surface area contributed by atoms with Crippen molar-refractivity contribution in [3.05, 3.63) is 35.9 Å². The Morgan fingerprint density at radius 1 is 1.08 bits per heavy atom. The standard InChI is InChI=1S/C19H27N3O2/c23-18(10-6-9-16-7-2-1-3-8-16)22-14-11-20-15-17(22)19(24)21-12-4-5-13-21/h1-3,7-8,17,20H,4-6,9-15H2. The van der Waals surface area contributed by atoms with Gasteiger partial charge >= 0.3 is 0 Å². The van der Waals surface area contributed by atoms with Crippen molar-refractivity contribution in [3.8, 4) is 0 Å². The van der Waals surface area contributed by atoms with E-state index >= 15 is 0 Å². The summed E-state index contributed by atoms with van der Waals surface area (Å²) >= 11 is 0. The van der Waals surface area contributed by atoms with E-state index in [2.05, 4.69) is 17.4 Å². The number of hydrogen-bond donors (Lipinski definition) is 1. The number of likely N-dealkylation sites (tertiary alicyclic amines) is 1. The minimum atomic E-state index is -0.318. The molecule has 24 heavy (non-hydrogen) atoms. The average molecular weight is 329 g/mol. The summed E-state index contributed by atoms with van der Waals surface area (Å²) in [6.07, 6.45) is 4.41. The van der Waals surface area contributed by atoms with Crippen molar-refractivity contribution in [1.82, 2.24) is 15.1 Å². The zero-order chi connectivity index (χ0) is 16.8. The molecule has 1 unspecified atom stereocenters. The van der Waals surface area contributed by atoms with Crippen molar-refractivity contribution < 1.29 is 9.59 Å². The molecule has 0 aliphatic carbocycles. The second-order valence-corrected chi connectivity index (χ2v) is 6.68. The SMILES string of the molecule is O=C(C1CNCCN1C(=O)CCCc1ccccc1)N1CCCC1. The van der Waals surface area contributed by atoms with Crippen molar-refractivity contribution in [2.75, 3.05) is 32.7 Å². The van der Waals surface area contributed by atoms with Crippen LogP contribution in [0.4, 0.5) is 0 Å². The first-order valence-corrected chi connectivity index (χ1v) is 9.08. The summed E-state index contributed by atoms with van der Waals surface area (Å²) in [5.74, 6) is 0.237. The number of benzene rings is 1. The highest BCUT2D eigenvalue weighted by atomic mass is 16.2. The highest BCUT2D eigenvalue weighted by Crippen LogP contribution is 2.15. The van der Waals surface area contributed by atoms with Gasteiger partial charge in [0.05, 0.1) is 0 Å². The molecule has 0 bridgehead atoms. The van der Waals surface area contributed by atoms with E-state index in [-0.39, 0.29) is 17.9 Å². The van der Waals surface area contributed by atoms with Gasteiger partial charge in [-0.05, 0) is 31.2 Å². The molecule has 2 fully saturated rings. The summed E-state index contributed by atoms with van der Waals surface area (Å²) < 4.78 is 0. The smallest absolute Gasteiger partial charge is 0.246 e. The number of carbonyl (C=O) groups is 2. The number of rotatable bonds is 5. The predicted molar refractivity (Wildman–Crippen MR) is 93.6 cm³/mol. The van der Waals surface area contributed by atoms with Crippen LogP contribution in [0.1, 0.15) is 31.2 Å². The van der Waals surface area contributed by atoms with Gasteiger partial charge in [0.2, 0.25) is 11.8 Å². The van der Waals surface area contributed by atoms with Crippen LogP contribution in [0.2, 0.25) is 0 Å². The predicted octanol–water partition coefficient (Wildman–Crippen LogP) is 1.43. The highest BCUT2D eigenvalue weighted by Gasteiger charge is 2.35. The molecule has 0 aromatic heterocycles. The van der Waals surface area contributed by atoms with E-state index in [1.54, 1.807) is 0 Å². The maximum absolute atomic E-state index is 12.7. The van der Waals surface area contributed by atoms with Gasteiger partial charge in [0, 0.05) is 39.1 Å². The first kappa shape index (κ1) is 17.0. The van der Waals surface area contributed by atoms with E-state index in [0.717, 1.165) is 45.3 Å². The molecular weight excluding hydrogens is 302 g/mol. The van der Waals surface area contributed by atoms with Crippen molar-refractivity contribution in [2.45, 2.75) is 38.1 Å². The molecule has 1 N–H and O–H groups in total. The fourth-order valence-electron chi connectivity index (χ4n) is 3.60. The lowest BCUT2D eigenvalue weighted by Gasteiger charge is -2.37. The van der Waals surface area contributed by atoms with Gasteiger partial charge in [0.25, 0.3) is 0 Å². The molecule has 1 aromatic rings. The van der Waals surface area contributed by atoms with Crippen molar-refractivity contribution in [1.29, 1.82) is 0 Å². The lowest BCUT2D eigenvalue weighted by Crippen LogP contribution is -2.59. The normalized spacial score (nSPS) is 21.1. The molecule has 1 atom stereocenters. The minimum absolute atomic E-state index is 0.116. The summed E-state index contributed by atoms with van der Waals surface area (Å²) in [5.41, 5.74) is 1.26. The summed E-state index contributed by atoms with van der Waals surface area (Å²) in [7, 11) is 0. The molecule has 2 saturated heterocycles. The first-order valence-electron chi connectivity index (χ1n) is 9.08. The lowest BCUT2D eigenvalue weighted by atomic mass is 10.1. The Bertz CT molecular complexity index is 555. The second-order valence-electron chi connectivity index (χ2n) is 6.68. The van der Waals surface area contributed by atoms with Gasteiger partial charge in [-0.2, -0.15) is 0 Å². The van der Waals surface area contributed by atoms with Gasteiger partial charge in [-0.3, -0.25) is 9.59 Å². The third-order valence-electron chi connectivity index (χ3n) is 4.97. The molecule has 2 aliphatic heterocycles. The molecular formula is C19H27N3O2. The Morgan fingerprint density at radius 3 is 2.58 bits per heavy atom. The van der Waals surface area contributed by atoms with E-state index in [4.69, 9.17) is 0 Å². The minimum Gasteiger partial charge on any atom is -0.341 e.